The summed E-state index contributed by atoms with van der Waals surface area (Å²) in [5, 5.41) is 0. The summed E-state index contributed by atoms with van der Waals surface area (Å²) in [6, 6.07) is -0.436. The molecule has 0 aromatic rings. The molecule has 0 aromatic heterocycles. The minimum Gasteiger partial charge on any atom is -0.329 e. The Labute approximate surface area is 118 Å². The van der Waals surface area contributed by atoms with Crippen molar-refractivity contribution in [2.75, 3.05) is 19.3 Å². The average Bonchev–Trinajstić information content (AvgIpc) is 2.84. The van der Waals surface area contributed by atoms with Crippen LogP contribution in [0.4, 0.5) is 0 Å². The Bertz CT molecular complexity index is 403. The van der Waals surface area contributed by atoms with Crippen molar-refractivity contribution in [3.63, 3.8) is 0 Å². The monoisotopic (exact) mass is 282 g/mol. The molecule has 2 heterocycles. The molecule has 2 aliphatic heterocycles. The normalized spacial score (nSPS) is 33.4. The third kappa shape index (κ3) is 1.97. The quantitative estimate of drug-likeness (QED) is 0.787. The van der Waals surface area contributed by atoms with Gasteiger partial charge < -0.3 is 9.80 Å². The van der Waals surface area contributed by atoms with Crippen molar-refractivity contribution in [2.45, 2.75) is 55.9 Å². The topological polar surface area (TPSA) is 40.6 Å². The molecule has 0 spiro atoms. The SMILES string of the molecule is CSC1(CN2C(=O)C3CCCN3C(=O)C2C)CCC1. The summed E-state index contributed by atoms with van der Waals surface area (Å²) >= 11 is 1.86. The fourth-order valence-electron chi connectivity index (χ4n) is 3.57. The highest BCUT2D eigenvalue weighted by molar-refractivity contribution is 8.00. The second kappa shape index (κ2) is 4.69. The summed E-state index contributed by atoms with van der Waals surface area (Å²) in [5.41, 5.74) is 0. The van der Waals surface area contributed by atoms with Gasteiger partial charge in [0.1, 0.15) is 12.1 Å². The highest BCUT2D eigenvalue weighted by Crippen LogP contribution is 2.44. The zero-order valence-electron chi connectivity index (χ0n) is 11.7. The van der Waals surface area contributed by atoms with E-state index in [4.69, 9.17) is 0 Å². The first kappa shape index (κ1) is 13.3. The van der Waals surface area contributed by atoms with E-state index in [1.807, 2.05) is 23.6 Å². The number of amides is 2. The van der Waals surface area contributed by atoms with Gasteiger partial charge in [-0.3, -0.25) is 9.59 Å². The predicted molar refractivity (Wildman–Crippen MR) is 76.0 cm³/mol. The summed E-state index contributed by atoms with van der Waals surface area (Å²) < 4.78 is 0.213. The summed E-state index contributed by atoms with van der Waals surface area (Å²) in [6.45, 7) is 3.41. The van der Waals surface area contributed by atoms with Gasteiger partial charge in [-0.1, -0.05) is 6.42 Å². The number of fused-ring (bicyclic) bond motifs is 1. The molecular weight excluding hydrogens is 260 g/mol. The second-order valence-electron chi connectivity index (χ2n) is 6.07. The van der Waals surface area contributed by atoms with Crippen molar-refractivity contribution in [3.05, 3.63) is 0 Å². The average molecular weight is 282 g/mol. The van der Waals surface area contributed by atoms with Gasteiger partial charge in [0.25, 0.3) is 0 Å². The molecule has 106 valence electrons. The maximum absolute atomic E-state index is 12.6. The number of thioether (sulfide) groups is 1. The van der Waals surface area contributed by atoms with Gasteiger partial charge >= 0.3 is 0 Å². The molecular formula is C14H22N2O2S. The van der Waals surface area contributed by atoms with Crippen molar-refractivity contribution >= 4 is 23.6 Å². The molecule has 3 aliphatic rings. The highest BCUT2D eigenvalue weighted by Gasteiger charge is 2.49. The third-order valence-corrected chi connectivity index (χ3v) is 6.49. The van der Waals surface area contributed by atoms with Crippen molar-refractivity contribution in [3.8, 4) is 0 Å². The van der Waals surface area contributed by atoms with Gasteiger partial charge in [0.15, 0.2) is 0 Å². The van der Waals surface area contributed by atoms with Gasteiger partial charge in [0.2, 0.25) is 11.8 Å². The van der Waals surface area contributed by atoms with Crippen LogP contribution < -0.4 is 0 Å². The summed E-state index contributed by atoms with van der Waals surface area (Å²) in [7, 11) is 0. The van der Waals surface area contributed by atoms with E-state index >= 15 is 0 Å². The van der Waals surface area contributed by atoms with Crippen molar-refractivity contribution in [2.24, 2.45) is 0 Å². The second-order valence-corrected chi connectivity index (χ2v) is 7.35. The molecule has 5 heteroatoms. The van der Waals surface area contributed by atoms with Crippen LogP contribution in [0.5, 0.6) is 0 Å². The smallest absolute Gasteiger partial charge is 0.246 e. The number of carbonyl (C=O) groups is 2. The Kier molecular flexibility index (Phi) is 3.28. The number of piperazine rings is 1. The van der Waals surface area contributed by atoms with E-state index in [1.165, 1.54) is 19.3 Å². The largest absolute Gasteiger partial charge is 0.329 e. The van der Waals surface area contributed by atoms with E-state index in [1.54, 1.807) is 4.90 Å². The Morgan fingerprint density at radius 2 is 2.00 bits per heavy atom. The number of hydrogen-bond donors (Lipinski definition) is 0. The number of hydrogen-bond acceptors (Lipinski definition) is 3. The molecule has 4 nitrogen and oxygen atoms in total. The van der Waals surface area contributed by atoms with Gasteiger partial charge in [-0.25, -0.2) is 0 Å². The van der Waals surface area contributed by atoms with Gasteiger partial charge in [-0.15, -0.1) is 0 Å². The van der Waals surface area contributed by atoms with Crippen LogP contribution in [-0.4, -0.2) is 57.8 Å². The molecule has 2 atom stereocenters. The summed E-state index contributed by atoms with van der Waals surface area (Å²) in [5.74, 6) is 0.336. The minimum atomic E-state index is -0.272. The zero-order chi connectivity index (χ0) is 13.6. The molecule has 1 saturated carbocycles. The van der Waals surface area contributed by atoms with E-state index < -0.39 is 0 Å². The number of carbonyl (C=O) groups excluding carboxylic acids is 2. The summed E-state index contributed by atoms with van der Waals surface area (Å²) in [4.78, 5) is 28.7. The Morgan fingerprint density at radius 1 is 1.26 bits per heavy atom. The lowest BCUT2D eigenvalue weighted by molar-refractivity contribution is -0.159. The van der Waals surface area contributed by atoms with Crippen LogP contribution in [0, 0.1) is 0 Å². The van der Waals surface area contributed by atoms with E-state index in [0.29, 0.717) is 0 Å². The van der Waals surface area contributed by atoms with Crippen molar-refractivity contribution in [1.29, 1.82) is 0 Å². The molecule has 1 aliphatic carbocycles. The highest BCUT2D eigenvalue weighted by atomic mass is 32.2. The molecule has 0 aromatic carbocycles. The predicted octanol–water partition coefficient (Wildman–Crippen LogP) is 1.49. The van der Waals surface area contributed by atoms with Gasteiger partial charge in [0.05, 0.1) is 0 Å². The van der Waals surface area contributed by atoms with Crippen LogP contribution in [0.1, 0.15) is 39.0 Å². The Hall–Kier alpha value is -0.710. The van der Waals surface area contributed by atoms with E-state index in [9.17, 15) is 9.59 Å². The van der Waals surface area contributed by atoms with Crippen LogP contribution in [0.15, 0.2) is 0 Å². The summed E-state index contributed by atoms with van der Waals surface area (Å²) in [6.07, 6.45) is 7.54. The first-order valence-electron chi connectivity index (χ1n) is 7.24. The van der Waals surface area contributed by atoms with Crippen molar-refractivity contribution < 1.29 is 9.59 Å². The lowest BCUT2D eigenvalue weighted by Crippen LogP contribution is -2.64. The lowest BCUT2D eigenvalue weighted by atomic mass is 9.83. The van der Waals surface area contributed by atoms with Gasteiger partial charge in [-0.2, -0.15) is 11.8 Å². The standard InChI is InChI=1S/C14H22N2O2S/c1-10-12(17)15-8-3-5-11(15)13(18)16(10)9-14(19-2)6-4-7-14/h10-11H,3-9H2,1-2H3. The molecule has 0 bridgehead atoms. The molecule has 3 rings (SSSR count). The zero-order valence-corrected chi connectivity index (χ0v) is 12.5. The van der Waals surface area contributed by atoms with Crippen LogP contribution >= 0.6 is 11.8 Å². The van der Waals surface area contributed by atoms with Crippen molar-refractivity contribution in [1.82, 2.24) is 9.80 Å². The molecule has 0 N–H and O–H groups in total. The van der Waals surface area contributed by atoms with Gasteiger partial charge in [-0.05, 0) is 38.9 Å². The maximum atomic E-state index is 12.6. The lowest BCUT2D eigenvalue weighted by Gasteiger charge is -2.48. The molecule has 2 unspecified atom stereocenters. The fourth-order valence-corrected chi connectivity index (χ4v) is 4.53. The maximum Gasteiger partial charge on any atom is 0.246 e. The fraction of sp³-hybridized carbons (Fsp3) is 0.857. The molecule has 3 fully saturated rings. The van der Waals surface area contributed by atoms with E-state index in [2.05, 4.69) is 6.26 Å². The third-order valence-electron chi connectivity index (χ3n) is 5.09. The number of rotatable bonds is 3. The van der Waals surface area contributed by atoms with Crippen LogP contribution in [-0.2, 0) is 9.59 Å². The van der Waals surface area contributed by atoms with Crippen LogP contribution in [0.25, 0.3) is 0 Å². The molecule has 2 saturated heterocycles. The van der Waals surface area contributed by atoms with E-state index in [-0.39, 0.29) is 28.6 Å². The number of nitrogens with zero attached hydrogens (tertiary/aromatic N) is 2. The van der Waals surface area contributed by atoms with E-state index in [0.717, 1.165) is 25.9 Å². The Balaban J connectivity index is 1.80. The molecule has 19 heavy (non-hydrogen) atoms. The minimum absolute atomic E-state index is 0.151. The first-order chi connectivity index (χ1) is 9.08. The van der Waals surface area contributed by atoms with Crippen LogP contribution in [0.3, 0.4) is 0 Å². The van der Waals surface area contributed by atoms with Crippen LogP contribution in [0.2, 0.25) is 0 Å². The molecule has 0 radical (unpaired) electrons. The van der Waals surface area contributed by atoms with Gasteiger partial charge in [0, 0.05) is 17.8 Å². The Morgan fingerprint density at radius 3 is 2.58 bits per heavy atom. The first-order valence-corrected chi connectivity index (χ1v) is 8.47. The molecule has 2 amide bonds.